The monoisotopic (exact) mass is 442 g/mol. The third kappa shape index (κ3) is 4.48. The lowest BCUT2D eigenvalue weighted by Crippen LogP contribution is -2.40. The Bertz CT molecular complexity index is 850. The van der Waals surface area contributed by atoms with Gasteiger partial charge in [-0.15, -0.1) is 0 Å². The second-order valence-electron chi connectivity index (χ2n) is 8.01. The molecule has 0 spiro atoms. The van der Waals surface area contributed by atoms with Crippen LogP contribution in [-0.2, 0) is 28.0 Å². The van der Waals surface area contributed by atoms with Crippen molar-refractivity contribution < 1.29 is 9.53 Å². The van der Waals surface area contributed by atoms with E-state index in [0.717, 1.165) is 54.7 Å². The van der Waals surface area contributed by atoms with Gasteiger partial charge in [0.25, 0.3) is 0 Å². The van der Waals surface area contributed by atoms with E-state index in [1.165, 1.54) is 5.56 Å². The molecule has 5 heteroatoms. The molecule has 1 amide bonds. The van der Waals surface area contributed by atoms with Crippen LogP contribution >= 0.6 is 15.9 Å². The molecule has 1 atom stereocenters. The van der Waals surface area contributed by atoms with Crippen molar-refractivity contribution >= 4 is 21.8 Å². The molecule has 1 heterocycles. The smallest absolute Gasteiger partial charge is 0.230 e. The Morgan fingerprint density at radius 1 is 1.21 bits per heavy atom. The standard InChI is InChI=1S/C23H27BrN2O2/c1-17-15-26(10-11-28-17)16-19-5-2-4-18(12-19)14-25-22(27)23(8-9-23)20-6-3-7-21(24)13-20/h2-7,12-13,17H,8-11,14-16H2,1H3,(H,25,27). The average molecular weight is 443 g/mol. The zero-order valence-corrected chi connectivity index (χ0v) is 17.9. The Kier molecular flexibility index (Phi) is 5.85. The number of halogens is 1. The van der Waals surface area contributed by atoms with Gasteiger partial charge in [-0.3, -0.25) is 9.69 Å². The maximum absolute atomic E-state index is 12.9. The molecule has 1 N–H and O–H groups in total. The zero-order chi connectivity index (χ0) is 19.6. The van der Waals surface area contributed by atoms with E-state index in [2.05, 4.69) is 69.5 Å². The van der Waals surface area contributed by atoms with Crippen molar-refractivity contribution in [3.63, 3.8) is 0 Å². The first-order valence-electron chi connectivity index (χ1n) is 10.0. The van der Waals surface area contributed by atoms with E-state index in [0.29, 0.717) is 12.6 Å². The van der Waals surface area contributed by atoms with Crippen molar-refractivity contribution in [2.24, 2.45) is 0 Å². The van der Waals surface area contributed by atoms with Crippen LogP contribution in [0.1, 0.15) is 36.5 Å². The van der Waals surface area contributed by atoms with Gasteiger partial charge in [0.1, 0.15) is 0 Å². The quantitative estimate of drug-likeness (QED) is 0.734. The molecule has 2 fully saturated rings. The average Bonchev–Trinajstić information content (AvgIpc) is 3.49. The number of carbonyl (C=O) groups is 1. The minimum absolute atomic E-state index is 0.137. The van der Waals surface area contributed by atoms with Crippen LogP contribution < -0.4 is 5.32 Å². The highest BCUT2D eigenvalue weighted by Crippen LogP contribution is 2.48. The van der Waals surface area contributed by atoms with Gasteiger partial charge in [0.05, 0.1) is 18.1 Å². The molecular weight excluding hydrogens is 416 g/mol. The van der Waals surface area contributed by atoms with E-state index < -0.39 is 0 Å². The summed E-state index contributed by atoms with van der Waals surface area (Å²) >= 11 is 3.52. The molecule has 1 aliphatic heterocycles. The first-order valence-corrected chi connectivity index (χ1v) is 10.8. The van der Waals surface area contributed by atoms with Gasteiger partial charge in [0.15, 0.2) is 0 Å². The lowest BCUT2D eigenvalue weighted by Gasteiger charge is -2.31. The molecule has 4 rings (SSSR count). The Morgan fingerprint density at radius 2 is 2.00 bits per heavy atom. The Balaban J connectivity index is 1.36. The predicted molar refractivity (Wildman–Crippen MR) is 114 cm³/mol. The van der Waals surface area contributed by atoms with Gasteiger partial charge in [0.2, 0.25) is 5.91 Å². The molecule has 2 aromatic carbocycles. The van der Waals surface area contributed by atoms with Crippen molar-refractivity contribution in [2.45, 2.75) is 44.4 Å². The summed E-state index contributed by atoms with van der Waals surface area (Å²) in [6.45, 7) is 6.36. The summed E-state index contributed by atoms with van der Waals surface area (Å²) in [7, 11) is 0. The van der Waals surface area contributed by atoms with Gasteiger partial charge in [-0.05, 0) is 48.6 Å². The largest absolute Gasteiger partial charge is 0.376 e. The van der Waals surface area contributed by atoms with Gasteiger partial charge in [-0.25, -0.2) is 0 Å². The highest BCUT2D eigenvalue weighted by Gasteiger charge is 2.51. The maximum Gasteiger partial charge on any atom is 0.230 e. The lowest BCUT2D eigenvalue weighted by atomic mass is 9.95. The number of amides is 1. The number of hydrogen-bond acceptors (Lipinski definition) is 3. The van der Waals surface area contributed by atoms with Crippen LogP contribution in [0.25, 0.3) is 0 Å². The van der Waals surface area contributed by atoms with Crippen molar-refractivity contribution in [3.05, 3.63) is 69.7 Å². The highest BCUT2D eigenvalue weighted by atomic mass is 79.9. The summed E-state index contributed by atoms with van der Waals surface area (Å²) in [5, 5.41) is 3.17. The summed E-state index contributed by atoms with van der Waals surface area (Å²) < 4.78 is 6.65. The van der Waals surface area contributed by atoms with E-state index in [1.54, 1.807) is 0 Å². The molecule has 1 aliphatic carbocycles. The summed E-state index contributed by atoms with van der Waals surface area (Å²) in [6.07, 6.45) is 2.14. The number of nitrogens with one attached hydrogen (secondary N) is 1. The number of hydrogen-bond donors (Lipinski definition) is 1. The zero-order valence-electron chi connectivity index (χ0n) is 16.3. The van der Waals surface area contributed by atoms with Gasteiger partial charge in [-0.2, -0.15) is 0 Å². The van der Waals surface area contributed by atoms with E-state index in [9.17, 15) is 4.79 Å². The fraction of sp³-hybridized carbons (Fsp3) is 0.435. The Labute approximate surface area is 175 Å². The third-order valence-corrected chi connectivity index (χ3v) is 6.23. The molecule has 2 aromatic rings. The van der Waals surface area contributed by atoms with Crippen molar-refractivity contribution in [1.29, 1.82) is 0 Å². The molecular formula is C23H27BrN2O2. The second-order valence-corrected chi connectivity index (χ2v) is 8.93. The molecule has 28 heavy (non-hydrogen) atoms. The topological polar surface area (TPSA) is 41.6 Å². The molecule has 1 saturated carbocycles. The summed E-state index contributed by atoms with van der Waals surface area (Å²) in [5.41, 5.74) is 3.20. The minimum atomic E-state index is -0.342. The summed E-state index contributed by atoms with van der Waals surface area (Å²) in [5.74, 6) is 0.137. The van der Waals surface area contributed by atoms with Crippen LogP contribution in [0.5, 0.6) is 0 Å². The number of ether oxygens (including phenoxy) is 1. The van der Waals surface area contributed by atoms with Crippen molar-refractivity contribution in [3.8, 4) is 0 Å². The first-order chi connectivity index (χ1) is 13.5. The second kappa shape index (κ2) is 8.36. The van der Waals surface area contributed by atoms with Gasteiger partial charge in [-0.1, -0.05) is 52.3 Å². The number of benzene rings is 2. The molecule has 2 aliphatic rings. The Morgan fingerprint density at radius 3 is 2.75 bits per heavy atom. The summed E-state index contributed by atoms with van der Waals surface area (Å²) in [4.78, 5) is 15.3. The van der Waals surface area contributed by atoms with Gasteiger partial charge >= 0.3 is 0 Å². The molecule has 0 radical (unpaired) electrons. The molecule has 0 bridgehead atoms. The first kappa shape index (κ1) is 19.6. The van der Waals surface area contributed by atoms with E-state index in [-0.39, 0.29) is 11.3 Å². The molecule has 148 valence electrons. The van der Waals surface area contributed by atoms with E-state index in [1.807, 2.05) is 12.1 Å². The fourth-order valence-corrected chi connectivity index (χ4v) is 4.44. The summed E-state index contributed by atoms with van der Waals surface area (Å²) in [6, 6.07) is 16.7. The predicted octanol–water partition coefficient (Wildman–Crippen LogP) is 4.02. The molecule has 0 aromatic heterocycles. The number of nitrogens with zero attached hydrogens (tertiary/aromatic N) is 1. The van der Waals surface area contributed by atoms with Crippen molar-refractivity contribution in [1.82, 2.24) is 10.2 Å². The van der Waals surface area contributed by atoms with Crippen molar-refractivity contribution in [2.75, 3.05) is 19.7 Å². The SMILES string of the molecule is CC1CN(Cc2cccc(CNC(=O)C3(c4cccc(Br)c4)CC3)c2)CCO1. The molecule has 1 unspecified atom stereocenters. The minimum Gasteiger partial charge on any atom is -0.376 e. The number of carbonyl (C=O) groups excluding carboxylic acids is 1. The van der Waals surface area contributed by atoms with Crippen LogP contribution in [0.2, 0.25) is 0 Å². The molecule has 1 saturated heterocycles. The van der Waals surface area contributed by atoms with Crippen LogP contribution in [0.15, 0.2) is 53.0 Å². The highest BCUT2D eigenvalue weighted by molar-refractivity contribution is 9.10. The van der Waals surface area contributed by atoms with Gasteiger partial charge < -0.3 is 10.1 Å². The van der Waals surface area contributed by atoms with Gasteiger partial charge in [0, 0.05) is 30.7 Å². The Hall–Kier alpha value is -1.69. The van der Waals surface area contributed by atoms with Crippen LogP contribution in [-0.4, -0.2) is 36.6 Å². The number of morpholine rings is 1. The van der Waals surface area contributed by atoms with Crippen LogP contribution in [0.4, 0.5) is 0 Å². The lowest BCUT2D eigenvalue weighted by molar-refractivity contribution is -0.123. The number of rotatable bonds is 6. The van der Waals surface area contributed by atoms with E-state index >= 15 is 0 Å². The molecule has 4 nitrogen and oxygen atoms in total. The van der Waals surface area contributed by atoms with Crippen LogP contribution in [0.3, 0.4) is 0 Å². The maximum atomic E-state index is 12.9. The normalized spacial score (nSPS) is 21.3. The third-order valence-electron chi connectivity index (χ3n) is 5.74. The fourth-order valence-electron chi connectivity index (χ4n) is 4.04. The van der Waals surface area contributed by atoms with E-state index in [4.69, 9.17) is 4.74 Å². The van der Waals surface area contributed by atoms with Crippen LogP contribution in [0, 0.1) is 0 Å².